The molecule has 21 heavy (non-hydrogen) atoms. The van der Waals surface area contributed by atoms with Crippen LogP contribution in [0.4, 0.5) is 4.79 Å². The van der Waals surface area contributed by atoms with Gasteiger partial charge in [-0.05, 0) is 62.8 Å². The maximum absolute atomic E-state index is 12.2. The molecule has 3 nitrogen and oxygen atoms in total. The molecular formula is C17H24BrNO2. The average Bonchev–Trinajstić information content (AvgIpc) is 2.60. The summed E-state index contributed by atoms with van der Waals surface area (Å²) < 4.78 is 5.49. The Hall–Kier alpha value is -1.03. The summed E-state index contributed by atoms with van der Waals surface area (Å²) >= 11 is 3.54. The van der Waals surface area contributed by atoms with Gasteiger partial charge in [-0.25, -0.2) is 4.79 Å². The van der Waals surface area contributed by atoms with Gasteiger partial charge in [0.05, 0.1) is 0 Å². The molecule has 4 heteroatoms. The minimum atomic E-state index is -0.435. The van der Waals surface area contributed by atoms with Crippen molar-refractivity contribution in [3.05, 3.63) is 34.4 Å². The van der Waals surface area contributed by atoms with Crippen LogP contribution in [0.15, 0.2) is 12.1 Å². The molecule has 2 rings (SSSR count). The minimum absolute atomic E-state index is 0.200. The number of nitrogens with zero attached hydrogens (tertiary/aromatic N) is 1. The summed E-state index contributed by atoms with van der Waals surface area (Å²) in [6, 6.07) is 4.39. The van der Waals surface area contributed by atoms with E-state index in [0.717, 1.165) is 31.3 Å². The van der Waals surface area contributed by atoms with E-state index in [1.807, 2.05) is 25.7 Å². The molecule has 0 unspecified atom stereocenters. The molecule has 1 aliphatic heterocycles. The van der Waals surface area contributed by atoms with Gasteiger partial charge >= 0.3 is 6.09 Å². The second-order valence-electron chi connectivity index (χ2n) is 6.59. The highest BCUT2D eigenvalue weighted by molar-refractivity contribution is 9.08. The van der Waals surface area contributed by atoms with Crippen LogP contribution in [0.1, 0.15) is 43.0 Å². The largest absolute Gasteiger partial charge is 0.444 e. The molecule has 0 aliphatic carbocycles. The van der Waals surface area contributed by atoms with Gasteiger partial charge in [0.1, 0.15) is 5.60 Å². The number of rotatable bonds is 1. The van der Waals surface area contributed by atoms with Gasteiger partial charge in [0.2, 0.25) is 0 Å². The highest BCUT2D eigenvalue weighted by atomic mass is 79.9. The summed E-state index contributed by atoms with van der Waals surface area (Å²) in [4.78, 5) is 14.1. The monoisotopic (exact) mass is 353 g/mol. The Morgan fingerprint density at radius 3 is 2.57 bits per heavy atom. The van der Waals surface area contributed by atoms with Crippen LogP contribution in [0.25, 0.3) is 0 Å². The lowest BCUT2D eigenvalue weighted by atomic mass is 9.94. The zero-order chi connectivity index (χ0) is 15.6. The Balaban J connectivity index is 2.14. The van der Waals surface area contributed by atoms with Crippen LogP contribution in [0, 0.1) is 6.92 Å². The first-order chi connectivity index (χ1) is 9.81. The molecule has 0 saturated heterocycles. The van der Waals surface area contributed by atoms with Crippen molar-refractivity contribution in [2.24, 2.45) is 0 Å². The van der Waals surface area contributed by atoms with Crippen LogP contribution < -0.4 is 0 Å². The molecule has 0 aromatic heterocycles. The van der Waals surface area contributed by atoms with E-state index in [1.54, 1.807) is 0 Å². The third-order valence-corrected chi connectivity index (χ3v) is 4.49. The number of fused-ring (bicyclic) bond motifs is 1. The molecule has 1 heterocycles. The number of alkyl halides is 1. The minimum Gasteiger partial charge on any atom is -0.444 e. The van der Waals surface area contributed by atoms with Crippen molar-refractivity contribution in [1.29, 1.82) is 0 Å². The van der Waals surface area contributed by atoms with Gasteiger partial charge in [0, 0.05) is 18.4 Å². The van der Waals surface area contributed by atoms with Gasteiger partial charge in [0.25, 0.3) is 0 Å². The summed E-state index contributed by atoms with van der Waals surface area (Å²) in [7, 11) is 0. The standard InChI is InChI=1S/C17H24BrNO2/c1-12-14(11-18)6-5-13-7-9-19(10-8-15(12)13)16(20)21-17(2,3)4/h5-6H,7-11H2,1-4H3. The number of carbonyl (C=O) groups is 1. The Kier molecular flexibility index (Phi) is 4.97. The van der Waals surface area contributed by atoms with E-state index < -0.39 is 5.60 Å². The van der Waals surface area contributed by atoms with Crippen molar-refractivity contribution in [2.45, 2.75) is 51.5 Å². The molecule has 0 radical (unpaired) electrons. The molecule has 0 spiro atoms. The number of hydrogen-bond acceptors (Lipinski definition) is 2. The van der Waals surface area contributed by atoms with Crippen LogP contribution in [0.3, 0.4) is 0 Å². The third-order valence-electron chi connectivity index (χ3n) is 3.89. The molecule has 0 atom stereocenters. The second kappa shape index (κ2) is 6.39. The number of hydrogen-bond donors (Lipinski definition) is 0. The van der Waals surface area contributed by atoms with Crippen LogP contribution in [-0.4, -0.2) is 29.7 Å². The Morgan fingerprint density at radius 2 is 1.95 bits per heavy atom. The first-order valence-electron chi connectivity index (χ1n) is 7.46. The van der Waals surface area contributed by atoms with Crippen LogP contribution in [-0.2, 0) is 22.9 Å². The first-order valence-corrected chi connectivity index (χ1v) is 8.58. The molecular weight excluding hydrogens is 330 g/mol. The summed E-state index contributed by atoms with van der Waals surface area (Å²) in [5.41, 5.74) is 5.02. The summed E-state index contributed by atoms with van der Waals surface area (Å²) in [5.74, 6) is 0. The molecule has 0 saturated carbocycles. The number of amides is 1. The van der Waals surface area contributed by atoms with Crippen molar-refractivity contribution in [3.63, 3.8) is 0 Å². The van der Waals surface area contributed by atoms with E-state index in [1.165, 1.54) is 22.3 Å². The fourth-order valence-corrected chi connectivity index (χ4v) is 3.32. The molecule has 0 bridgehead atoms. The number of carbonyl (C=O) groups excluding carboxylic acids is 1. The van der Waals surface area contributed by atoms with Crippen LogP contribution in [0.2, 0.25) is 0 Å². The van der Waals surface area contributed by atoms with Crippen molar-refractivity contribution in [2.75, 3.05) is 13.1 Å². The fourth-order valence-electron chi connectivity index (χ4n) is 2.71. The summed E-state index contributed by atoms with van der Waals surface area (Å²) in [6.07, 6.45) is 1.60. The normalized spacial score (nSPS) is 15.4. The van der Waals surface area contributed by atoms with E-state index >= 15 is 0 Å². The second-order valence-corrected chi connectivity index (χ2v) is 7.15. The number of ether oxygens (including phenoxy) is 1. The maximum Gasteiger partial charge on any atom is 0.410 e. The highest BCUT2D eigenvalue weighted by Crippen LogP contribution is 2.25. The number of halogens is 1. The predicted octanol–water partition coefficient (Wildman–Crippen LogP) is 4.23. The summed E-state index contributed by atoms with van der Waals surface area (Å²) in [5, 5.41) is 0.877. The van der Waals surface area contributed by atoms with Crippen LogP contribution in [0.5, 0.6) is 0 Å². The van der Waals surface area contributed by atoms with Crippen LogP contribution >= 0.6 is 15.9 Å². The van der Waals surface area contributed by atoms with Crippen molar-refractivity contribution in [1.82, 2.24) is 4.90 Å². The van der Waals surface area contributed by atoms with Crippen molar-refractivity contribution >= 4 is 22.0 Å². The Morgan fingerprint density at radius 1 is 1.29 bits per heavy atom. The highest BCUT2D eigenvalue weighted by Gasteiger charge is 2.24. The van der Waals surface area contributed by atoms with E-state index in [2.05, 4.69) is 35.0 Å². The summed E-state index contributed by atoms with van der Waals surface area (Å²) in [6.45, 7) is 9.36. The van der Waals surface area contributed by atoms with E-state index in [-0.39, 0.29) is 6.09 Å². The molecule has 1 aromatic carbocycles. The number of benzene rings is 1. The van der Waals surface area contributed by atoms with Crippen molar-refractivity contribution in [3.8, 4) is 0 Å². The lowest BCUT2D eigenvalue weighted by molar-refractivity contribution is 0.0258. The predicted molar refractivity (Wildman–Crippen MR) is 89.0 cm³/mol. The SMILES string of the molecule is Cc1c(CBr)ccc2c1CCN(C(=O)OC(C)(C)C)CC2. The fraction of sp³-hybridized carbons (Fsp3) is 0.588. The molecule has 116 valence electrons. The molecule has 1 aromatic rings. The zero-order valence-corrected chi connectivity index (χ0v) is 14.9. The van der Waals surface area contributed by atoms with Gasteiger partial charge in [-0.2, -0.15) is 0 Å². The van der Waals surface area contributed by atoms with Gasteiger partial charge < -0.3 is 9.64 Å². The Labute approximate surface area is 135 Å². The van der Waals surface area contributed by atoms with Gasteiger partial charge in [-0.1, -0.05) is 28.1 Å². The lowest BCUT2D eigenvalue weighted by Crippen LogP contribution is -2.38. The Bertz CT molecular complexity index is 534. The van der Waals surface area contributed by atoms with Gasteiger partial charge in [-0.15, -0.1) is 0 Å². The van der Waals surface area contributed by atoms with E-state index in [0.29, 0.717) is 0 Å². The molecule has 1 aliphatic rings. The van der Waals surface area contributed by atoms with Gasteiger partial charge in [0.15, 0.2) is 0 Å². The van der Waals surface area contributed by atoms with Crippen molar-refractivity contribution < 1.29 is 9.53 Å². The van der Waals surface area contributed by atoms with E-state index in [9.17, 15) is 4.79 Å². The molecule has 0 fully saturated rings. The first kappa shape index (κ1) is 16.3. The molecule has 1 amide bonds. The zero-order valence-electron chi connectivity index (χ0n) is 13.3. The van der Waals surface area contributed by atoms with E-state index in [4.69, 9.17) is 4.74 Å². The maximum atomic E-state index is 12.2. The quantitative estimate of drug-likeness (QED) is 0.707. The topological polar surface area (TPSA) is 29.5 Å². The third kappa shape index (κ3) is 4.00. The van der Waals surface area contributed by atoms with Gasteiger partial charge in [-0.3, -0.25) is 0 Å². The molecule has 0 N–H and O–H groups in total. The average molecular weight is 354 g/mol. The lowest BCUT2D eigenvalue weighted by Gasteiger charge is -2.26. The smallest absolute Gasteiger partial charge is 0.410 e.